The average Bonchev–Trinajstić information content (AvgIpc) is 3.44. The van der Waals surface area contributed by atoms with Gasteiger partial charge in [0.15, 0.2) is 0 Å². The summed E-state index contributed by atoms with van der Waals surface area (Å²) >= 11 is 0. The van der Waals surface area contributed by atoms with Gasteiger partial charge in [-0.1, -0.05) is 42.5 Å². The third-order valence-electron chi connectivity index (χ3n) is 5.16. The molecule has 0 aliphatic carbocycles. The molecular weight excluding hydrogens is 336 g/mol. The molecule has 1 atom stereocenters. The van der Waals surface area contributed by atoms with Crippen molar-refractivity contribution < 1.29 is 9.21 Å². The Balaban J connectivity index is 1.42. The van der Waals surface area contributed by atoms with Gasteiger partial charge >= 0.3 is 0 Å². The minimum atomic E-state index is -0.0506. The maximum absolute atomic E-state index is 12.6. The Kier molecular flexibility index (Phi) is 5.35. The van der Waals surface area contributed by atoms with Crippen molar-refractivity contribution in [2.24, 2.45) is 0 Å². The van der Waals surface area contributed by atoms with E-state index in [0.29, 0.717) is 12.1 Å². The summed E-state index contributed by atoms with van der Waals surface area (Å²) in [5.41, 5.74) is 2.93. The van der Waals surface area contributed by atoms with E-state index in [0.717, 1.165) is 30.0 Å². The molecule has 0 spiro atoms. The van der Waals surface area contributed by atoms with Gasteiger partial charge in [0.1, 0.15) is 5.76 Å². The van der Waals surface area contributed by atoms with Gasteiger partial charge in [-0.3, -0.25) is 9.69 Å². The molecule has 1 saturated heterocycles. The fourth-order valence-electron chi connectivity index (χ4n) is 3.68. The van der Waals surface area contributed by atoms with Crippen LogP contribution in [0.1, 0.15) is 35.0 Å². The lowest BCUT2D eigenvalue weighted by Crippen LogP contribution is -2.36. The summed E-state index contributed by atoms with van der Waals surface area (Å²) in [4.78, 5) is 15.0. The Morgan fingerprint density at radius 1 is 0.926 bits per heavy atom. The number of likely N-dealkylation sites (tertiary alicyclic amines) is 1. The Morgan fingerprint density at radius 3 is 2.30 bits per heavy atom. The van der Waals surface area contributed by atoms with Crippen molar-refractivity contribution in [3.8, 4) is 11.1 Å². The second-order valence-electron chi connectivity index (χ2n) is 6.93. The third-order valence-corrected chi connectivity index (χ3v) is 5.16. The fraction of sp³-hybridized carbons (Fsp3) is 0.261. The van der Waals surface area contributed by atoms with Crippen LogP contribution in [0.5, 0.6) is 0 Å². The van der Waals surface area contributed by atoms with Gasteiger partial charge < -0.3 is 9.73 Å². The molecule has 0 bridgehead atoms. The Hall–Kier alpha value is -2.85. The Labute approximate surface area is 159 Å². The first-order valence-electron chi connectivity index (χ1n) is 9.52. The number of nitrogens with zero attached hydrogens (tertiary/aromatic N) is 1. The van der Waals surface area contributed by atoms with E-state index in [1.54, 1.807) is 6.26 Å². The molecule has 138 valence electrons. The van der Waals surface area contributed by atoms with E-state index in [-0.39, 0.29) is 11.9 Å². The van der Waals surface area contributed by atoms with Crippen LogP contribution in [0.25, 0.3) is 11.1 Å². The summed E-state index contributed by atoms with van der Waals surface area (Å²) in [5.74, 6) is 0.863. The zero-order valence-corrected chi connectivity index (χ0v) is 15.3. The highest BCUT2D eigenvalue weighted by Gasteiger charge is 2.26. The molecule has 1 aliphatic rings. The first-order valence-corrected chi connectivity index (χ1v) is 9.52. The van der Waals surface area contributed by atoms with Crippen LogP contribution in [-0.2, 0) is 0 Å². The first kappa shape index (κ1) is 17.6. The number of benzene rings is 2. The van der Waals surface area contributed by atoms with Crippen molar-refractivity contribution in [3.63, 3.8) is 0 Å². The molecule has 2 heterocycles. The van der Waals surface area contributed by atoms with Crippen LogP contribution in [0.15, 0.2) is 77.4 Å². The van der Waals surface area contributed by atoms with Crippen molar-refractivity contribution in [3.05, 3.63) is 84.3 Å². The van der Waals surface area contributed by atoms with Crippen LogP contribution in [0.2, 0.25) is 0 Å². The van der Waals surface area contributed by atoms with Crippen LogP contribution in [-0.4, -0.2) is 30.4 Å². The molecule has 0 saturated carbocycles. The molecule has 1 aliphatic heterocycles. The van der Waals surface area contributed by atoms with E-state index in [1.165, 1.54) is 12.8 Å². The van der Waals surface area contributed by atoms with E-state index in [4.69, 9.17) is 4.42 Å². The molecule has 2 aromatic carbocycles. The van der Waals surface area contributed by atoms with Crippen LogP contribution >= 0.6 is 0 Å². The highest BCUT2D eigenvalue weighted by Crippen LogP contribution is 2.25. The zero-order chi connectivity index (χ0) is 18.5. The monoisotopic (exact) mass is 360 g/mol. The normalized spacial score (nSPS) is 15.6. The second kappa shape index (κ2) is 8.23. The molecule has 1 amide bonds. The van der Waals surface area contributed by atoms with E-state index in [2.05, 4.69) is 22.3 Å². The number of carbonyl (C=O) groups is 1. The molecule has 1 fully saturated rings. The number of nitrogens with one attached hydrogen (secondary N) is 1. The largest absolute Gasteiger partial charge is 0.468 e. The molecule has 27 heavy (non-hydrogen) atoms. The van der Waals surface area contributed by atoms with Gasteiger partial charge in [-0.2, -0.15) is 0 Å². The van der Waals surface area contributed by atoms with Crippen LogP contribution in [0.3, 0.4) is 0 Å². The fourth-order valence-corrected chi connectivity index (χ4v) is 3.68. The Bertz CT molecular complexity index is 851. The summed E-state index contributed by atoms with van der Waals surface area (Å²) in [6, 6.07) is 21.9. The predicted molar refractivity (Wildman–Crippen MR) is 106 cm³/mol. The first-order chi connectivity index (χ1) is 13.3. The van der Waals surface area contributed by atoms with Gasteiger partial charge in [0.25, 0.3) is 5.91 Å². The molecule has 4 nitrogen and oxygen atoms in total. The molecule has 0 unspecified atom stereocenters. The molecule has 1 aromatic heterocycles. The molecule has 4 rings (SSSR count). The molecule has 1 N–H and O–H groups in total. The number of furan rings is 1. The zero-order valence-electron chi connectivity index (χ0n) is 15.3. The maximum Gasteiger partial charge on any atom is 0.251 e. The second-order valence-corrected chi connectivity index (χ2v) is 6.93. The van der Waals surface area contributed by atoms with Crippen LogP contribution in [0, 0.1) is 0 Å². The SMILES string of the molecule is O=C(NC[C@@H](c1ccco1)N1CCCC1)c1ccc(-c2ccccc2)cc1. The average molecular weight is 360 g/mol. The summed E-state index contributed by atoms with van der Waals surface area (Å²) in [7, 11) is 0. The van der Waals surface area contributed by atoms with Gasteiger partial charge in [0, 0.05) is 12.1 Å². The number of hydrogen-bond acceptors (Lipinski definition) is 3. The molecule has 4 heteroatoms. The van der Waals surface area contributed by atoms with Crippen LogP contribution < -0.4 is 5.32 Å². The van der Waals surface area contributed by atoms with E-state index in [9.17, 15) is 4.79 Å². The molecule has 3 aromatic rings. The van der Waals surface area contributed by atoms with E-state index < -0.39 is 0 Å². The van der Waals surface area contributed by atoms with E-state index >= 15 is 0 Å². The van der Waals surface area contributed by atoms with Gasteiger partial charge in [0.05, 0.1) is 12.3 Å². The van der Waals surface area contributed by atoms with Crippen molar-refractivity contribution in [1.29, 1.82) is 0 Å². The standard InChI is InChI=1S/C23H24N2O2/c26-23(20-12-10-19(11-13-20)18-7-2-1-3-8-18)24-17-21(22-9-6-16-27-22)25-14-4-5-15-25/h1-3,6-13,16,21H,4-5,14-15,17H2,(H,24,26)/t21-/m0/s1. The van der Waals surface area contributed by atoms with Crippen molar-refractivity contribution in [2.75, 3.05) is 19.6 Å². The number of rotatable bonds is 6. The van der Waals surface area contributed by atoms with Gasteiger partial charge in [-0.25, -0.2) is 0 Å². The van der Waals surface area contributed by atoms with Crippen molar-refractivity contribution in [2.45, 2.75) is 18.9 Å². The number of hydrogen-bond donors (Lipinski definition) is 1. The van der Waals surface area contributed by atoms with Gasteiger partial charge in [0.2, 0.25) is 0 Å². The van der Waals surface area contributed by atoms with Gasteiger partial charge in [-0.05, 0) is 61.3 Å². The van der Waals surface area contributed by atoms with Crippen molar-refractivity contribution in [1.82, 2.24) is 10.2 Å². The smallest absolute Gasteiger partial charge is 0.251 e. The topological polar surface area (TPSA) is 45.5 Å². The Morgan fingerprint density at radius 2 is 1.63 bits per heavy atom. The highest BCUT2D eigenvalue weighted by atomic mass is 16.3. The summed E-state index contributed by atoms with van der Waals surface area (Å²) in [5, 5.41) is 3.08. The summed E-state index contributed by atoms with van der Waals surface area (Å²) in [6.07, 6.45) is 4.10. The third kappa shape index (κ3) is 4.12. The molecular formula is C23H24N2O2. The van der Waals surface area contributed by atoms with E-state index in [1.807, 2.05) is 54.6 Å². The lowest BCUT2D eigenvalue weighted by atomic mass is 10.0. The van der Waals surface area contributed by atoms with Crippen LogP contribution in [0.4, 0.5) is 0 Å². The minimum Gasteiger partial charge on any atom is -0.468 e. The minimum absolute atomic E-state index is 0.0506. The van der Waals surface area contributed by atoms with Crippen molar-refractivity contribution >= 4 is 5.91 Å². The maximum atomic E-state index is 12.6. The lowest BCUT2D eigenvalue weighted by Gasteiger charge is -2.26. The van der Waals surface area contributed by atoms with Gasteiger partial charge in [-0.15, -0.1) is 0 Å². The number of carbonyl (C=O) groups excluding carboxylic acids is 1. The quantitative estimate of drug-likeness (QED) is 0.703. The number of amides is 1. The lowest BCUT2D eigenvalue weighted by molar-refractivity contribution is 0.0934. The molecule has 0 radical (unpaired) electrons. The summed E-state index contributed by atoms with van der Waals surface area (Å²) < 4.78 is 5.62. The summed E-state index contributed by atoms with van der Waals surface area (Å²) in [6.45, 7) is 2.65. The predicted octanol–water partition coefficient (Wildman–Crippen LogP) is 4.51. The highest BCUT2D eigenvalue weighted by molar-refractivity contribution is 5.94.